The van der Waals surface area contributed by atoms with E-state index >= 15 is 0 Å². The molecule has 0 aliphatic carbocycles. The Balaban J connectivity index is 2.69. The summed E-state index contributed by atoms with van der Waals surface area (Å²) < 4.78 is 0. The molecule has 0 fully saturated rings. The van der Waals surface area contributed by atoms with Crippen molar-refractivity contribution >= 4 is 24.1 Å². The van der Waals surface area contributed by atoms with E-state index in [1.165, 1.54) is 11.1 Å². The molecule has 0 saturated carbocycles. The number of rotatable bonds is 4. The monoisotopic (exact) mass is 240 g/mol. The largest absolute Gasteiger partial charge is 0.417 e. The van der Waals surface area contributed by atoms with Gasteiger partial charge in [0.25, 0.3) is 0 Å². The van der Waals surface area contributed by atoms with Gasteiger partial charge in [0, 0.05) is 11.8 Å². The number of benzene rings is 1. The van der Waals surface area contributed by atoms with Gasteiger partial charge in [-0.3, -0.25) is 0 Å². The molecule has 1 heterocycles. The van der Waals surface area contributed by atoms with E-state index in [1.54, 1.807) is 0 Å². The summed E-state index contributed by atoms with van der Waals surface area (Å²) in [4.78, 5) is 9.17. The molecule has 0 spiro atoms. The first-order chi connectivity index (χ1) is 8.69. The van der Waals surface area contributed by atoms with Crippen LogP contribution in [0, 0.1) is 6.92 Å². The van der Waals surface area contributed by atoms with Crippen LogP contribution in [0.1, 0.15) is 30.8 Å². The zero-order valence-corrected chi connectivity index (χ0v) is 11.5. The average Bonchev–Trinajstić information content (AvgIpc) is 2.38. The molecule has 1 radical (unpaired) electrons. The quantitative estimate of drug-likeness (QED) is 0.834. The van der Waals surface area contributed by atoms with Crippen molar-refractivity contribution in [1.82, 2.24) is 9.97 Å². The Morgan fingerprint density at radius 2 is 1.94 bits per heavy atom. The third-order valence-corrected chi connectivity index (χ3v) is 3.18. The molecule has 93 valence electrons. The Labute approximate surface area is 109 Å². The Hall–Kier alpha value is -1.58. The van der Waals surface area contributed by atoms with Crippen LogP contribution in [0.25, 0.3) is 10.9 Å². The molecule has 0 bridgehead atoms. The van der Waals surface area contributed by atoms with Crippen LogP contribution in [-0.2, 0) is 12.8 Å². The van der Waals surface area contributed by atoms with Crippen LogP contribution in [0.2, 0.25) is 6.82 Å². The zero-order valence-electron chi connectivity index (χ0n) is 11.5. The molecule has 18 heavy (non-hydrogen) atoms. The van der Waals surface area contributed by atoms with Gasteiger partial charge in [-0.15, -0.1) is 0 Å². The van der Waals surface area contributed by atoms with E-state index in [0.717, 1.165) is 35.4 Å². The summed E-state index contributed by atoms with van der Waals surface area (Å²) in [5.41, 5.74) is 3.69. The summed E-state index contributed by atoms with van der Waals surface area (Å²) in [7, 11) is 1.91. The lowest BCUT2D eigenvalue weighted by Crippen LogP contribution is -2.07. The second kappa shape index (κ2) is 5.38. The number of hydrogen-bond acceptors (Lipinski definition) is 3. The SMILES string of the molecule is C[B]Nc1nc(CC)nc2cc(CC)c(C)cc12. The van der Waals surface area contributed by atoms with E-state index in [0.29, 0.717) is 0 Å². The molecule has 0 saturated heterocycles. The molecule has 4 heteroatoms. The van der Waals surface area contributed by atoms with Gasteiger partial charge in [0.2, 0.25) is 7.41 Å². The van der Waals surface area contributed by atoms with Crippen molar-refractivity contribution in [3.63, 3.8) is 0 Å². The fraction of sp³-hybridized carbons (Fsp3) is 0.429. The standard InChI is InChI=1S/C14H19BN3/c1-5-10-8-12-11(7-9(10)3)14(18-15-4)17-13(6-2)16-12/h7-8H,5-6H2,1-4H3,(H,16,17,18). The maximum atomic E-state index is 4.62. The highest BCUT2D eigenvalue weighted by Crippen LogP contribution is 2.24. The van der Waals surface area contributed by atoms with Crippen LogP contribution >= 0.6 is 0 Å². The Kier molecular flexibility index (Phi) is 3.85. The van der Waals surface area contributed by atoms with Gasteiger partial charge < -0.3 is 5.23 Å². The summed E-state index contributed by atoms with van der Waals surface area (Å²) in [5.74, 6) is 1.79. The summed E-state index contributed by atoms with van der Waals surface area (Å²) in [5, 5.41) is 4.31. The molecule has 0 atom stereocenters. The molecule has 1 aromatic heterocycles. The maximum Gasteiger partial charge on any atom is 0.241 e. The predicted octanol–water partition coefficient (Wildman–Crippen LogP) is 3.14. The van der Waals surface area contributed by atoms with Gasteiger partial charge in [0.05, 0.1) is 5.52 Å². The number of nitrogens with one attached hydrogen (secondary N) is 1. The molecular formula is C14H19BN3. The predicted molar refractivity (Wildman–Crippen MR) is 78.3 cm³/mol. The molecule has 1 aromatic carbocycles. The minimum absolute atomic E-state index is 0.851. The van der Waals surface area contributed by atoms with Crippen molar-refractivity contribution in [2.45, 2.75) is 40.4 Å². The van der Waals surface area contributed by atoms with E-state index in [2.05, 4.69) is 48.1 Å². The Morgan fingerprint density at radius 1 is 1.17 bits per heavy atom. The molecule has 0 amide bonds. The van der Waals surface area contributed by atoms with Crippen molar-refractivity contribution in [1.29, 1.82) is 0 Å². The van der Waals surface area contributed by atoms with Gasteiger partial charge in [-0.25, -0.2) is 9.97 Å². The Morgan fingerprint density at radius 3 is 2.56 bits per heavy atom. The lowest BCUT2D eigenvalue weighted by atomic mass is 9.98. The second-order valence-electron chi connectivity index (χ2n) is 4.42. The molecule has 1 N–H and O–H groups in total. The van der Waals surface area contributed by atoms with Crippen LogP contribution in [0.4, 0.5) is 5.82 Å². The highest BCUT2D eigenvalue weighted by molar-refractivity contribution is 6.39. The van der Waals surface area contributed by atoms with Crippen molar-refractivity contribution < 1.29 is 0 Å². The van der Waals surface area contributed by atoms with Crippen LogP contribution in [0.15, 0.2) is 12.1 Å². The lowest BCUT2D eigenvalue weighted by molar-refractivity contribution is 0.963. The third-order valence-electron chi connectivity index (χ3n) is 3.18. The first-order valence-electron chi connectivity index (χ1n) is 6.54. The number of fused-ring (bicyclic) bond motifs is 1. The van der Waals surface area contributed by atoms with Gasteiger partial charge in [-0.2, -0.15) is 0 Å². The fourth-order valence-electron chi connectivity index (χ4n) is 2.16. The minimum Gasteiger partial charge on any atom is -0.417 e. The van der Waals surface area contributed by atoms with E-state index in [4.69, 9.17) is 0 Å². The third kappa shape index (κ3) is 2.33. The zero-order chi connectivity index (χ0) is 13.1. The fourth-order valence-corrected chi connectivity index (χ4v) is 2.16. The number of aryl methyl sites for hydroxylation is 3. The van der Waals surface area contributed by atoms with E-state index < -0.39 is 0 Å². The molecule has 0 aliphatic rings. The highest BCUT2D eigenvalue weighted by Gasteiger charge is 2.08. The van der Waals surface area contributed by atoms with Crippen molar-refractivity contribution in [3.8, 4) is 0 Å². The van der Waals surface area contributed by atoms with Gasteiger partial charge in [-0.05, 0) is 36.6 Å². The van der Waals surface area contributed by atoms with Crippen molar-refractivity contribution in [2.24, 2.45) is 0 Å². The number of nitrogens with zero attached hydrogens (tertiary/aromatic N) is 2. The lowest BCUT2D eigenvalue weighted by Gasteiger charge is -2.11. The number of aromatic nitrogens is 2. The topological polar surface area (TPSA) is 37.8 Å². The molecule has 2 rings (SSSR count). The minimum atomic E-state index is 0.851. The number of hydrogen-bond donors (Lipinski definition) is 1. The second-order valence-corrected chi connectivity index (χ2v) is 4.42. The van der Waals surface area contributed by atoms with E-state index in [-0.39, 0.29) is 0 Å². The first kappa shape index (κ1) is 12.9. The van der Waals surface area contributed by atoms with Crippen LogP contribution in [-0.4, -0.2) is 17.4 Å². The number of anilines is 1. The highest BCUT2D eigenvalue weighted by atomic mass is 15.0. The normalized spacial score (nSPS) is 10.7. The van der Waals surface area contributed by atoms with Gasteiger partial charge in [-0.1, -0.05) is 20.7 Å². The van der Waals surface area contributed by atoms with Gasteiger partial charge >= 0.3 is 0 Å². The molecule has 0 unspecified atom stereocenters. The molecule has 2 aromatic rings. The average molecular weight is 240 g/mol. The smallest absolute Gasteiger partial charge is 0.241 e. The van der Waals surface area contributed by atoms with Crippen molar-refractivity contribution in [3.05, 3.63) is 29.1 Å². The summed E-state index contributed by atoms with van der Waals surface area (Å²) in [6.45, 7) is 8.36. The van der Waals surface area contributed by atoms with Crippen LogP contribution in [0.5, 0.6) is 0 Å². The van der Waals surface area contributed by atoms with E-state index in [9.17, 15) is 0 Å². The summed E-state index contributed by atoms with van der Waals surface area (Å²) in [6, 6.07) is 4.37. The summed E-state index contributed by atoms with van der Waals surface area (Å²) in [6.07, 6.45) is 1.89. The van der Waals surface area contributed by atoms with Gasteiger partial charge in [0.15, 0.2) is 0 Å². The molecule has 0 aliphatic heterocycles. The first-order valence-corrected chi connectivity index (χ1v) is 6.54. The maximum absolute atomic E-state index is 4.62. The molecule has 3 nitrogen and oxygen atoms in total. The van der Waals surface area contributed by atoms with Crippen molar-refractivity contribution in [2.75, 3.05) is 5.23 Å². The van der Waals surface area contributed by atoms with Crippen LogP contribution in [0.3, 0.4) is 0 Å². The van der Waals surface area contributed by atoms with E-state index in [1.807, 2.05) is 14.2 Å². The van der Waals surface area contributed by atoms with Crippen LogP contribution < -0.4 is 5.23 Å². The molecular weight excluding hydrogens is 221 g/mol. The summed E-state index contributed by atoms with van der Waals surface area (Å²) >= 11 is 0. The van der Waals surface area contributed by atoms with Gasteiger partial charge in [0.1, 0.15) is 11.6 Å². The Bertz CT molecular complexity index is 566.